The van der Waals surface area contributed by atoms with E-state index in [1.807, 2.05) is 16.5 Å². The van der Waals surface area contributed by atoms with Gasteiger partial charge in [-0.05, 0) is 86.2 Å². The molecule has 1 aromatic carbocycles. The molecule has 3 fully saturated rings. The number of hydrogen-bond donors (Lipinski definition) is 0. The Bertz CT molecular complexity index is 1220. The number of benzene rings is 1. The van der Waals surface area contributed by atoms with E-state index in [-0.39, 0.29) is 29.4 Å². The van der Waals surface area contributed by atoms with Gasteiger partial charge in [-0.2, -0.15) is 0 Å². The largest absolute Gasteiger partial charge is 0.414 e. The second kappa shape index (κ2) is 10.1. The molecule has 38 heavy (non-hydrogen) atoms. The van der Waals surface area contributed by atoms with Gasteiger partial charge in [0.25, 0.3) is 5.91 Å². The molecule has 0 spiro atoms. The van der Waals surface area contributed by atoms with E-state index in [4.69, 9.17) is 9.41 Å². The van der Waals surface area contributed by atoms with Crippen LogP contribution >= 0.6 is 0 Å². The summed E-state index contributed by atoms with van der Waals surface area (Å²) in [6.07, 6.45) is 7.65. The topological polar surface area (TPSA) is 67.7 Å². The fourth-order valence-corrected chi connectivity index (χ4v) is 7.37. The van der Waals surface area contributed by atoms with Crippen LogP contribution in [0.15, 0.2) is 12.1 Å². The molecule has 0 atom stereocenters. The van der Waals surface area contributed by atoms with Gasteiger partial charge in [0.15, 0.2) is 14.1 Å². The van der Waals surface area contributed by atoms with Crippen molar-refractivity contribution in [2.45, 2.75) is 109 Å². The molecule has 2 aromatic rings. The van der Waals surface area contributed by atoms with Gasteiger partial charge in [0.05, 0.1) is 11.0 Å². The maximum absolute atomic E-state index is 13.6. The van der Waals surface area contributed by atoms with E-state index >= 15 is 0 Å². The normalized spacial score (nSPS) is 23.4. The average molecular weight is 539 g/mol. The first-order valence-corrected chi connectivity index (χ1v) is 17.6. The Balaban J connectivity index is 1.22. The third-order valence-corrected chi connectivity index (χ3v) is 14.1. The lowest BCUT2D eigenvalue weighted by atomic mass is 9.91. The highest BCUT2D eigenvalue weighted by molar-refractivity contribution is 6.74. The molecule has 2 amide bonds. The van der Waals surface area contributed by atoms with Gasteiger partial charge in [-0.3, -0.25) is 9.59 Å². The van der Waals surface area contributed by atoms with Crippen molar-refractivity contribution in [2.75, 3.05) is 19.6 Å². The van der Waals surface area contributed by atoms with Crippen LogP contribution in [0.2, 0.25) is 18.1 Å². The van der Waals surface area contributed by atoms with Gasteiger partial charge in [0.1, 0.15) is 6.54 Å². The maximum atomic E-state index is 13.6. The second-order valence-corrected chi connectivity index (χ2v) is 18.0. The highest BCUT2D eigenvalue weighted by atomic mass is 28.4. The maximum Gasteiger partial charge on any atom is 0.290 e. The zero-order chi connectivity index (χ0) is 27.4. The molecule has 0 bridgehead atoms. The summed E-state index contributed by atoms with van der Waals surface area (Å²) in [4.78, 5) is 35.3. The number of amides is 2. The van der Waals surface area contributed by atoms with Crippen molar-refractivity contribution in [2.24, 2.45) is 7.05 Å². The minimum Gasteiger partial charge on any atom is -0.414 e. The summed E-state index contributed by atoms with van der Waals surface area (Å²) in [7, 11) is 0.148. The summed E-state index contributed by atoms with van der Waals surface area (Å²) in [5.41, 5.74) is 4.51. The van der Waals surface area contributed by atoms with E-state index in [1.54, 1.807) is 4.90 Å². The molecule has 1 aromatic heterocycles. The third-order valence-electron chi connectivity index (χ3n) is 9.61. The first kappa shape index (κ1) is 27.4. The lowest BCUT2D eigenvalue weighted by Crippen LogP contribution is -2.56. The van der Waals surface area contributed by atoms with Crippen LogP contribution in [0.3, 0.4) is 0 Å². The van der Waals surface area contributed by atoms with E-state index in [0.717, 1.165) is 43.1 Å². The van der Waals surface area contributed by atoms with E-state index in [1.165, 1.54) is 24.0 Å². The van der Waals surface area contributed by atoms with Crippen molar-refractivity contribution in [3.8, 4) is 0 Å². The second-order valence-electron chi connectivity index (χ2n) is 13.3. The third kappa shape index (κ3) is 5.18. The average Bonchev–Trinajstić information content (AvgIpc) is 3.66. The molecular formula is C30H46N4O3Si. The van der Waals surface area contributed by atoms with Gasteiger partial charge in [-0.15, -0.1) is 0 Å². The van der Waals surface area contributed by atoms with Crippen LogP contribution in [0.5, 0.6) is 0 Å². The molecule has 2 heterocycles. The standard InChI is InChI=1S/C30H46N4O3Si/c1-8-20-17-22(21-9-10-21)18-25-27(20)31-28(32(25)5)29(36)33-15-16-34(26(35)19-33)23-11-13-24(14-12-23)37-38(6,7)30(2,3)4/h17-18,21,23-24H,8-16,19H2,1-7H3. The summed E-state index contributed by atoms with van der Waals surface area (Å²) >= 11 is 0. The van der Waals surface area contributed by atoms with Crippen LogP contribution in [0.4, 0.5) is 0 Å². The number of fused-ring (bicyclic) bond motifs is 1. The Kier molecular flexibility index (Phi) is 7.27. The molecule has 3 aliphatic rings. The zero-order valence-corrected chi connectivity index (χ0v) is 25.5. The van der Waals surface area contributed by atoms with Crippen molar-refractivity contribution < 1.29 is 14.0 Å². The number of imidazole rings is 1. The van der Waals surface area contributed by atoms with E-state index in [0.29, 0.717) is 30.9 Å². The molecule has 0 unspecified atom stereocenters. The number of aryl methyl sites for hydroxylation is 2. The van der Waals surface area contributed by atoms with Crippen LogP contribution in [0, 0.1) is 0 Å². The van der Waals surface area contributed by atoms with E-state index < -0.39 is 8.32 Å². The van der Waals surface area contributed by atoms with Gasteiger partial charge in [-0.1, -0.05) is 33.8 Å². The van der Waals surface area contributed by atoms with E-state index in [2.05, 4.69) is 52.9 Å². The Morgan fingerprint density at radius 3 is 2.34 bits per heavy atom. The molecule has 5 rings (SSSR count). The molecular weight excluding hydrogens is 492 g/mol. The summed E-state index contributed by atoms with van der Waals surface area (Å²) in [5, 5.41) is 0.208. The molecule has 1 saturated heterocycles. The highest BCUT2D eigenvalue weighted by Crippen LogP contribution is 2.42. The Labute approximate surface area is 229 Å². The molecule has 0 N–H and O–H groups in total. The number of nitrogens with zero attached hydrogens (tertiary/aromatic N) is 4. The summed E-state index contributed by atoms with van der Waals surface area (Å²) in [6, 6.07) is 4.74. The van der Waals surface area contributed by atoms with E-state index in [9.17, 15) is 9.59 Å². The fraction of sp³-hybridized carbons (Fsp3) is 0.700. The number of rotatable bonds is 6. The number of hydrogen-bond acceptors (Lipinski definition) is 4. The molecule has 8 heteroatoms. The minimum atomic E-state index is -1.78. The van der Waals surface area contributed by atoms with Gasteiger partial charge < -0.3 is 18.8 Å². The SMILES string of the molecule is CCc1cc(C2CC2)cc2c1nc(C(=O)N1CCN(C3CCC(O[Si](C)(C)C(C)(C)C)CC3)C(=O)C1)n2C. The van der Waals surface area contributed by atoms with Crippen LogP contribution in [-0.4, -0.2) is 71.3 Å². The molecule has 2 saturated carbocycles. The first-order chi connectivity index (χ1) is 17.9. The van der Waals surface area contributed by atoms with Crippen molar-refractivity contribution >= 4 is 31.2 Å². The number of carbonyl (C=O) groups excluding carboxylic acids is 2. The van der Waals surface area contributed by atoms with Crippen molar-refractivity contribution in [1.82, 2.24) is 19.4 Å². The Morgan fingerprint density at radius 2 is 1.76 bits per heavy atom. The smallest absolute Gasteiger partial charge is 0.290 e. The fourth-order valence-electron chi connectivity index (χ4n) is 5.95. The molecule has 208 valence electrons. The van der Waals surface area contributed by atoms with Gasteiger partial charge in [-0.25, -0.2) is 4.98 Å². The van der Waals surface area contributed by atoms with Gasteiger partial charge in [0.2, 0.25) is 5.91 Å². The molecule has 1 aliphatic heterocycles. The van der Waals surface area contributed by atoms with Crippen LogP contribution in [0.25, 0.3) is 11.0 Å². The quantitative estimate of drug-likeness (QED) is 0.447. The predicted octanol–water partition coefficient (Wildman–Crippen LogP) is 5.63. The van der Waals surface area contributed by atoms with Crippen LogP contribution in [-0.2, 0) is 22.7 Å². The van der Waals surface area contributed by atoms with Gasteiger partial charge >= 0.3 is 0 Å². The predicted molar refractivity (Wildman–Crippen MR) is 154 cm³/mol. The molecule has 0 radical (unpaired) electrons. The lowest BCUT2D eigenvalue weighted by Gasteiger charge is -2.44. The van der Waals surface area contributed by atoms with Crippen molar-refractivity contribution in [1.29, 1.82) is 0 Å². The summed E-state index contributed by atoms with van der Waals surface area (Å²) in [5.74, 6) is 1.01. The molecule has 2 aliphatic carbocycles. The summed E-state index contributed by atoms with van der Waals surface area (Å²) < 4.78 is 8.59. The highest BCUT2D eigenvalue weighted by Gasteiger charge is 2.41. The Morgan fingerprint density at radius 1 is 1.08 bits per heavy atom. The first-order valence-electron chi connectivity index (χ1n) is 14.7. The van der Waals surface area contributed by atoms with Crippen LogP contribution in [0.1, 0.15) is 93.9 Å². The lowest BCUT2D eigenvalue weighted by molar-refractivity contribution is -0.138. The monoisotopic (exact) mass is 538 g/mol. The Hall–Kier alpha value is -2.19. The van der Waals surface area contributed by atoms with Crippen molar-refractivity contribution in [3.05, 3.63) is 29.1 Å². The number of piperazine rings is 1. The molecule has 7 nitrogen and oxygen atoms in total. The van der Waals surface area contributed by atoms with Crippen molar-refractivity contribution in [3.63, 3.8) is 0 Å². The number of aromatic nitrogens is 2. The summed E-state index contributed by atoms with van der Waals surface area (Å²) in [6.45, 7) is 14.9. The number of carbonyl (C=O) groups is 2. The zero-order valence-electron chi connectivity index (χ0n) is 24.5. The minimum absolute atomic E-state index is 0.0578. The van der Waals surface area contributed by atoms with Crippen LogP contribution < -0.4 is 0 Å². The van der Waals surface area contributed by atoms with Gasteiger partial charge in [0, 0.05) is 32.3 Å².